The lowest BCUT2D eigenvalue weighted by atomic mass is 9.82. The van der Waals surface area contributed by atoms with Crippen molar-refractivity contribution < 1.29 is 9.18 Å². The van der Waals surface area contributed by atoms with Gasteiger partial charge < -0.3 is 9.80 Å². The molecule has 0 spiro atoms. The predicted molar refractivity (Wildman–Crippen MR) is 116 cm³/mol. The molecule has 3 aliphatic heterocycles. The Bertz CT molecular complexity index is 934. The Balaban J connectivity index is 1.31. The van der Waals surface area contributed by atoms with Gasteiger partial charge >= 0.3 is 0 Å². The lowest BCUT2D eigenvalue weighted by Gasteiger charge is -2.37. The fourth-order valence-corrected chi connectivity index (χ4v) is 5.18. The second-order valence-corrected chi connectivity index (χ2v) is 8.80. The molecule has 164 valence electrons. The molecule has 3 fully saturated rings. The molecule has 5 rings (SSSR count). The first-order chi connectivity index (χ1) is 15.2. The van der Waals surface area contributed by atoms with Gasteiger partial charge in [-0.25, -0.2) is 14.4 Å². The number of rotatable bonds is 4. The Morgan fingerprint density at radius 1 is 1.13 bits per heavy atom. The van der Waals surface area contributed by atoms with Gasteiger partial charge in [-0.1, -0.05) is 6.07 Å². The second kappa shape index (κ2) is 8.88. The SMILES string of the molecule is O=C(c1cccc(F)c1)N1CCCC(C2NNCC2c2ccnc(N3CCCC3)n2)C1. The van der Waals surface area contributed by atoms with E-state index in [-0.39, 0.29) is 23.7 Å². The highest BCUT2D eigenvalue weighted by Crippen LogP contribution is 2.32. The highest BCUT2D eigenvalue weighted by Gasteiger charge is 2.38. The Morgan fingerprint density at radius 3 is 2.84 bits per heavy atom. The number of aromatic nitrogens is 2. The molecule has 0 saturated carbocycles. The zero-order chi connectivity index (χ0) is 21.2. The van der Waals surface area contributed by atoms with Gasteiger partial charge in [-0.05, 0) is 55.9 Å². The van der Waals surface area contributed by atoms with Crippen molar-refractivity contribution in [3.8, 4) is 0 Å². The molecular formula is C23H29FN6O. The van der Waals surface area contributed by atoms with Crippen LogP contribution >= 0.6 is 0 Å². The zero-order valence-electron chi connectivity index (χ0n) is 17.6. The minimum atomic E-state index is -0.376. The maximum atomic E-state index is 13.6. The van der Waals surface area contributed by atoms with E-state index in [2.05, 4.69) is 20.7 Å². The lowest BCUT2D eigenvalue weighted by Crippen LogP contribution is -2.48. The van der Waals surface area contributed by atoms with Crippen LogP contribution in [0, 0.1) is 11.7 Å². The first-order valence-electron chi connectivity index (χ1n) is 11.3. The molecule has 4 heterocycles. The molecule has 0 aliphatic carbocycles. The van der Waals surface area contributed by atoms with Crippen LogP contribution in [0.15, 0.2) is 36.5 Å². The summed E-state index contributed by atoms with van der Waals surface area (Å²) >= 11 is 0. The molecule has 31 heavy (non-hydrogen) atoms. The fraction of sp³-hybridized carbons (Fsp3) is 0.522. The van der Waals surface area contributed by atoms with Gasteiger partial charge in [0.25, 0.3) is 5.91 Å². The molecule has 1 aromatic carbocycles. The number of carbonyl (C=O) groups is 1. The zero-order valence-corrected chi connectivity index (χ0v) is 17.6. The van der Waals surface area contributed by atoms with Crippen molar-refractivity contribution in [1.29, 1.82) is 0 Å². The van der Waals surface area contributed by atoms with Crippen LogP contribution in [0.2, 0.25) is 0 Å². The smallest absolute Gasteiger partial charge is 0.253 e. The van der Waals surface area contributed by atoms with Gasteiger partial charge in [0, 0.05) is 56.4 Å². The lowest BCUT2D eigenvalue weighted by molar-refractivity contribution is 0.0643. The third-order valence-corrected chi connectivity index (χ3v) is 6.78. The van der Waals surface area contributed by atoms with Crippen LogP contribution in [0.25, 0.3) is 0 Å². The predicted octanol–water partition coefficient (Wildman–Crippen LogP) is 2.33. The van der Waals surface area contributed by atoms with Crippen LogP contribution in [-0.2, 0) is 0 Å². The van der Waals surface area contributed by atoms with Gasteiger partial charge in [0.2, 0.25) is 5.95 Å². The summed E-state index contributed by atoms with van der Waals surface area (Å²) in [4.78, 5) is 26.5. The topological polar surface area (TPSA) is 73.4 Å². The van der Waals surface area contributed by atoms with E-state index in [1.165, 1.54) is 25.0 Å². The molecule has 8 heteroatoms. The van der Waals surface area contributed by atoms with E-state index in [1.54, 1.807) is 12.1 Å². The Morgan fingerprint density at radius 2 is 2.00 bits per heavy atom. The van der Waals surface area contributed by atoms with Crippen molar-refractivity contribution in [2.75, 3.05) is 37.6 Å². The molecule has 3 atom stereocenters. The van der Waals surface area contributed by atoms with Crippen LogP contribution < -0.4 is 15.8 Å². The number of benzene rings is 1. The molecule has 3 aliphatic rings. The number of anilines is 1. The number of hydrazine groups is 1. The summed E-state index contributed by atoms with van der Waals surface area (Å²) in [6.07, 6.45) is 6.25. The molecule has 1 aromatic heterocycles. The quantitative estimate of drug-likeness (QED) is 0.785. The number of nitrogens with one attached hydrogen (secondary N) is 2. The van der Waals surface area contributed by atoms with Gasteiger partial charge in [0.1, 0.15) is 5.82 Å². The first-order valence-corrected chi connectivity index (χ1v) is 11.3. The van der Waals surface area contributed by atoms with E-state index in [9.17, 15) is 9.18 Å². The second-order valence-electron chi connectivity index (χ2n) is 8.80. The van der Waals surface area contributed by atoms with Crippen molar-refractivity contribution in [2.24, 2.45) is 5.92 Å². The normalized spacial score (nSPS) is 26.4. The van der Waals surface area contributed by atoms with Crippen molar-refractivity contribution >= 4 is 11.9 Å². The third kappa shape index (κ3) is 4.27. The number of halogens is 1. The summed E-state index contributed by atoms with van der Waals surface area (Å²) in [7, 11) is 0. The Kier molecular flexibility index (Phi) is 5.82. The van der Waals surface area contributed by atoms with Gasteiger partial charge in [0.05, 0.1) is 5.69 Å². The van der Waals surface area contributed by atoms with E-state index >= 15 is 0 Å². The van der Waals surface area contributed by atoms with Crippen molar-refractivity contribution in [3.05, 3.63) is 53.6 Å². The van der Waals surface area contributed by atoms with E-state index in [4.69, 9.17) is 4.98 Å². The standard InChI is InChI=1S/C23H29FN6O/c24-18-7-3-5-16(13-18)22(31)30-12-4-6-17(15-30)21-19(14-26-28-21)20-8-9-25-23(27-20)29-10-1-2-11-29/h3,5,7-9,13,17,19,21,26,28H,1-2,4,6,10-12,14-15H2. The average molecular weight is 425 g/mol. The molecule has 3 saturated heterocycles. The van der Waals surface area contributed by atoms with E-state index in [0.29, 0.717) is 24.6 Å². The van der Waals surface area contributed by atoms with Crippen molar-refractivity contribution in [3.63, 3.8) is 0 Å². The number of amides is 1. The minimum Gasteiger partial charge on any atom is -0.341 e. The molecule has 0 bridgehead atoms. The number of hydrogen-bond donors (Lipinski definition) is 2. The molecule has 2 aromatic rings. The summed E-state index contributed by atoms with van der Waals surface area (Å²) < 4.78 is 13.6. The summed E-state index contributed by atoms with van der Waals surface area (Å²) in [5.41, 5.74) is 8.23. The fourth-order valence-electron chi connectivity index (χ4n) is 5.18. The number of likely N-dealkylation sites (tertiary alicyclic amines) is 1. The van der Waals surface area contributed by atoms with Crippen LogP contribution in [0.4, 0.5) is 10.3 Å². The third-order valence-electron chi connectivity index (χ3n) is 6.78. The van der Waals surface area contributed by atoms with Crippen molar-refractivity contribution in [1.82, 2.24) is 25.7 Å². The van der Waals surface area contributed by atoms with Crippen LogP contribution in [0.3, 0.4) is 0 Å². The van der Waals surface area contributed by atoms with Crippen LogP contribution in [0.5, 0.6) is 0 Å². The monoisotopic (exact) mass is 424 g/mol. The van der Waals surface area contributed by atoms with Crippen LogP contribution in [0.1, 0.15) is 47.7 Å². The molecular weight excluding hydrogens is 395 g/mol. The summed E-state index contributed by atoms with van der Waals surface area (Å²) in [5, 5.41) is 0. The highest BCUT2D eigenvalue weighted by molar-refractivity contribution is 5.94. The number of carbonyl (C=O) groups excluding carboxylic acids is 1. The van der Waals surface area contributed by atoms with E-state index in [1.807, 2.05) is 17.2 Å². The molecule has 2 N–H and O–H groups in total. The maximum absolute atomic E-state index is 13.6. The summed E-state index contributed by atoms with van der Waals surface area (Å²) in [5.74, 6) is 0.881. The largest absolute Gasteiger partial charge is 0.341 e. The maximum Gasteiger partial charge on any atom is 0.253 e. The van der Waals surface area contributed by atoms with Gasteiger partial charge in [-0.2, -0.15) is 0 Å². The van der Waals surface area contributed by atoms with Gasteiger partial charge in [-0.3, -0.25) is 15.6 Å². The van der Waals surface area contributed by atoms with E-state index < -0.39 is 0 Å². The highest BCUT2D eigenvalue weighted by atomic mass is 19.1. The molecule has 1 amide bonds. The molecule has 7 nitrogen and oxygen atoms in total. The average Bonchev–Trinajstić information content (AvgIpc) is 3.51. The Hall–Kier alpha value is -2.58. The van der Waals surface area contributed by atoms with Crippen molar-refractivity contribution in [2.45, 2.75) is 37.6 Å². The number of hydrogen-bond acceptors (Lipinski definition) is 6. The van der Waals surface area contributed by atoms with Crippen LogP contribution in [-0.4, -0.2) is 59.5 Å². The number of nitrogens with zero attached hydrogens (tertiary/aromatic N) is 4. The molecule has 3 unspecified atom stereocenters. The van der Waals surface area contributed by atoms with Gasteiger partial charge in [0.15, 0.2) is 0 Å². The summed E-state index contributed by atoms with van der Waals surface area (Å²) in [6, 6.07) is 8.18. The first kappa shape index (κ1) is 20.3. The summed E-state index contributed by atoms with van der Waals surface area (Å²) in [6.45, 7) is 4.22. The minimum absolute atomic E-state index is 0.0925. The molecule has 0 radical (unpaired) electrons. The Labute approximate surface area is 182 Å². The van der Waals surface area contributed by atoms with Gasteiger partial charge in [-0.15, -0.1) is 0 Å². The van der Waals surface area contributed by atoms with E-state index in [0.717, 1.165) is 44.1 Å². The number of piperidine rings is 1.